The first-order valence-electron chi connectivity index (χ1n) is 7.87. The lowest BCUT2D eigenvalue weighted by molar-refractivity contribution is 0.145. The number of rotatable bonds is 2. The van der Waals surface area contributed by atoms with E-state index in [1.807, 2.05) is 0 Å². The SMILES string of the molecule is Cc1cc(C2=NCC3(CC3)Oc3c2ccc(F)c3F)cnc1C(F)F. The number of ether oxygens (including phenoxy) is 1. The number of aromatic nitrogens is 1. The minimum atomic E-state index is -2.68. The van der Waals surface area contributed by atoms with Gasteiger partial charge in [0.15, 0.2) is 11.6 Å². The summed E-state index contributed by atoms with van der Waals surface area (Å²) >= 11 is 0. The molecule has 1 aromatic heterocycles. The monoisotopic (exact) mass is 350 g/mol. The number of benzene rings is 1. The van der Waals surface area contributed by atoms with Crippen LogP contribution in [0.1, 0.15) is 41.7 Å². The van der Waals surface area contributed by atoms with Gasteiger partial charge in [-0.3, -0.25) is 9.98 Å². The minimum absolute atomic E-state index is 0.177. The molecule has 0 unspecified atom stereocenters. The average molecular weight is 350 g/mol. The fourth-order valence-corrected chi connectivity index (χ4v) is 2.97. The quantitative estimate of drug-likeness (QED) is 0.754. The normalized spacial score (nSPS) is 17.8. The third kappa shape index (κ3) is 2.67. The van der Waals surface area contributed by atoms with Crippen LogP contribution in [-0.4, -0.2) is 22.8 Å². The molecule has 0 radical (unpaired) electrons. The summed E-state index contributed by atoms with van der Waals surface area (Å²) in [6.07, 6.45) is 0.0205. The second kappa shape index (κ2) is 5.54. The van der Waals surface area contributed by atoms with E-state index in [1.54, 1.807) is 0 Å². The molecule has 2 aromatic rings. The predicted molar refractivity (Wildman–Crippen MR) is 83.4 cm³/mol. The van der Waals surface area contributed by atoms with Crippen molar-refractivity contribution < 1.29 is 22.3 Å². The zero-order valence-corrected chi connectivity index (χ0v) is 13.3. The fourth-order valence-electron chi connectivity index (χ4n) is 2.97. The Hall–Kier alpha value is -2.44. The van der Waals surface area contributed by atoms with Gasteiger partial charge in [-0.25, -0.2) is 13.2 Å². The molecule has 0 bridgehead atoms. The highest BCUT2D eigenvalue weighted by Crippen LogP contribution is 2.45. The summed E-state index contributed by atoms with van der Waals surface area (Å²) in [5.74, 6) is -2.24. The van der Waals surface area contributed by atoms with E-state index in [4.69, 9.17) is 4.74 Å². The molecule has 1 aromatic carbocycles. The van der Waals surface area contributed by atoms with Crippen molar-refractivity contribution in [2.45, 2.75) is 31.8 Å². The molecule has 1 saturated carbocycles. The highest BCUT2D eigenvalue weighted by atomic mass is 19.3. The molecule has 7 heteroatoms. The Labute approximate surface area is 141 Å². The second-order valence-corrected chi connectivity index (χ2v) is 6.41. The van der Waals surface area contributed by atoms with Gasteiger partial charge in [-0.1, -0.05) is 0 Å². The van der Waals surface area contributed by atoms with E-state index in [2.05, 4.69) is 9.98 Å². The Morgan fingerprint density at radius 1 is 1.20 bits per heavy atom. The van der Waals surface area contributed by atoms with Gasteiger partial charge in [-0.15, -0.1) is 0 Å². The second-order valence-electron chi connectivity index (χ2n) is 6.41. The highest BCUT2D eigenvalue weighted by Gasteiger charge is 2.48. The number of hydrogen-bond donors (Lipinski definition) is 0. The molecule has 1 aliphatic heterocycles. The van der Waals surface area contributed by atoms with E-state index >= 15 is 0 Å². The van der Waals surface area contributed by atoms with Crippen molar-refractivity contribution in [1.82, 2.24) is 4.98 Å². The van der Waals surface area contributed by atoms with Gasteiger partial charge in [0.25, 0.3) is 6.43 Å². The van der Waals surface area contributed by atoms with Gasteiger partial charge in [-0.2, -0.15) is 4.39 Å². The predicted octanol–water partition coefficient (Wildman–Crippen LogP) is 4.37. The van der Waals surface area contributed by atoms with Crippen LogP contribution in [0.2, 0.25) is 0 Å². The van der Waals surface area contributed by atoms with Gasteiger partial charge in [-0.05, 0) is 43.5 Å². The third-order valence-electron chi connectivity index (χ3n) is 4.56. The Morgan fingerprint density at radius 2 is 1.96 bits per heavy atom. The number of halogens is 4. The van der Waals surface area contributed by atoms with Gasteiger partial charge in [0, 0.05) is 17.3 Å². The summed E-state index contributed by atoms with van der Waals surface area (Å²) in [5, 5.41) is 0. The molecule has 0 saturated heterocycles. The highest BCUT2D eigenvalue weighted by molar-refractivity contribution is 6.14. The molecule has 0 amide bonds. The molecule has 4 rings (SSSR count). The molecule has 1 fully saturated rings. The van der Waals surface area contributed by atoms with Crippen molar-refractivity contribution in [1.29, 1.82) is 0 Å². The smallest absolute Gasteiger partial charge is 0.280 e. The van der Waals surface area contributed by atoms with Gasteiger partial charge in [0.05, 0.1) is 12.3 Å². The first kappa shape index (κ1) is 16.1. The van der Waals surface area contributed by atoms with Gasteiger partial charge in [0.2, 0.25) is 5.82 Å². The zero-order chi connectivity index (χ0) is 17.8. The summed E-state index contributed by atoms with van der Waals surface area (Å²) < 4.78 is 59.5. The number of alkyl halides is 2. The van der Waals surface area contributed by atoms with Gasteiger partial charge in [0.1, 0.15) is 11.3 Å². The molecule has 0 atom stereocenters. The van der Waals surface area contributed by atoms with Crippen molar-refractivity contribution in [3.8, 4) is 5.75 Å². The molecular weight excluding hydrogens is 336 g/mol. The minimum Gasteiger partial charge on any atom is -0.481 e. The standard InChI is InChI=1S/C18H14F4N2O/c1-9-6-10(7-23-14(9)17(21)22)15-11-2-3-12(19)13(20)16(11)25-18(4-5-18)8-24-15/h2-3,6-7,17H,4-5,8H2,1H3. The molecule has 130 valence electrons. The Kier molecular flexibility index (Phi) is 3.56. The summed E-state index contributed by atoms with van der Waals surface area (Å²) in [7, 11) is 0. The van der Waals surface area contributed by atoms with Gasteiger partial charge >= 0.3 is 0 Å². The number of nitrogens with zero attached hydrogens (tertiary/aromatic N) is 2. The summed E-state index contributed by atoms with van der Waals surface area (Å²) in [6.45, 7) is 1.83. The maximum Gasteiger partial charge on any atom is 0.280 e. The van der Waals surface area contributed by atoms with Crippen LogP contribution >= 0.6 is 0 Å². The summed E-state index contributed by atoms with van der Waals surface area (Å²) in [5.41, 5.74) is 0.540. The van der Waals surface area contributed by atoms with Crippen LogP contribution in [0.15, 0.2) is 29.4 Å². The number of pyridine rings is 1. The first-order valence-corrected chi connectivity index (χ1v) is 7.87. The van der Waals surface area contributed by atoms with Crippen molar-refractivity contribution in [2.24, 2.45) is 4.99 Å². The fraction of sp³-hybridized carbons (Fsp3) is 0.333. The lowest BCUT2D eigenvalue weighted by atomic mass is 10.0. The van der Waals surface area contributed by atoms with Crippen molar-refractivity contribution in [3.05, 3.63) is 58.4 Å². The molecule has 25 heavy (non-hydrogen) atoms. The summed E-state index contributed by atoms with van der Waals surface area (Å²) in [6, 6.07) is 3.93. The molecule has 1 aliphatic carbocycles. The van der Waals surface area contributed by atoms with E-state index in [0.29, 0.717) is 41.8 Å². The summed E-state index contributed by atoms with van der Waals surface area (Å²) in [4.78, 5) is 8.32. The van der Waals surface area contributed by atoms with E-state index in [1.165, 1.54) is 25.3 Å². The van der Waals surface area contributed by atoms with Crippen molar-refractivity contribution in [2.75, 3.05) is 6.54 Å². The maximum atomic E-state index is 14.3. The Bertz CT molecular complexity index is 891. The van der Waals surface area contributed by atoms with Crippen LogP contribution < -0.4 is 4.74 Å². The molecule has 1 spiro atoms. The number of aryl methyl sites for hydroxylation is 1. The number of hydrogen-bond acceptors (Lipinski definition) is 3. The van der Waals surface area contributed by atoms with E-state index in [0.717, 1.165) is 6.07 Å². The van der Waals surface area contributed by atoms with Crippen LogP contribution in [0.5, 0.6) is 5.75 Å². The lowest BCUT2D eigenvalue weighted by Gasteiger charge is -2.16. The Balaban J connectivity index is 1.86. The average Bonchev–Trinajstić information content (AvgIpc) is 3.35. The van der Waals surface area contributed by atoms with E-state index < -0.39 is 23.7 Å². The molecular formula is C18H14F4N2O. The van der Waals surface area contributed by atoms with Gasteiger partial charge < -0.3 is 4.74 Å². The largest absolute Gasteiger partial charge is 0.481 e. The van der Waals surface area contributed by atoms with Crippen LogP contribution in [0, 0.1) is 18.6 Å². The lowest BCUT2D eigenvalue weighted by Crippen LogP contribution is -2.21. The van der Waals surface area contributed by atoms with Crippen molar-refractivity contribution >= 4 is 5.71 Å². The zero-order valence-electron chi connectivity index (χ0n) is 13.3. The molecule has 2 aliphatic rings. The molecule has 2 heterocycles. The van der Waals surface area contributed by atoms with E-state index in [9.17, 15) is 17.6 Å². The van der Waals surface area contributed by atoms with Crippen LogP contribution in [0.3, 0.4) is 0 Å². The topological polar surface area (TPSA) is 34.5 Å². The van der Waals surface area contributed by atoms with E-state index in [-0.39, 0.29) is 11.4 Å². The van der Waals surface area contributed by atoms with Crippen LogP contribution in [0.25, 0.3) is 0 Å². The third-order valence-corrected chi connectivity index (χ3v) is 4.56. The molecule has 3 nitrogen and oxygen atoms in total. The number of fused-ring (bicyclic) bond motifs is 1. The first-order chi connectivity index (χ1) is 11.9. The molecule has 0 N–H and O–H groups in total. The maximum absolute atomic E-state index is 14.3. The number of aliphatic imine (C=N–C) groups is 1. The Morgan fingerprint density at radius 3 is 2.60 bits per heavy atom. The van der Waals surface area contributed by atoms with Crippen LogP contribution in [0.4, 0.5) is 17.6 Å². The van der Waals surface area contributed by atoms with Crippen molar-refractivity contribution in [3.63, 3.8) is 0 Å². The van der Waals surface area contributed by atoms with Crippen LogP contribution in [-0.2, 0) is 0 Å².